The summed E-state index contributed by atoms with van der Waals surface area (Å²) in [5.41, 5.74) is 0.529. The molecule has 0 bridgehead atoms. The molecule has 0 saturated heterocycles. The molecule has 2 N–H and O–H groups in total. The van der Waals surface area contributed by atoms with Crippen LogP contribution in [0.1, 0.15) is 6.92 Å². The number of carbonyl (C=O) groups excluding carboxylic acids is 1. The van der Waals surface area contributed by atoms with Crippen LogP contribution in [0.4, 0.5) is 15.8 Å². The Hall–Kier alpha value is -2.32. The van der Waals surface area contributed by atoms with E-state index in [1.54, 1.807) is 0 Å². The van der Waals surface area contributed by atoms with Crippen molar-refractivity contribution < 1.29 is 22.3 Å². The van der Waals surface area contributed by atoms with Crippen LogP contribution in [0.5, 0.6) is 5.75 Å². The zero-order valence-corrected chi connectivity index (χ0v) is 14.3. The molecule has 0 heterocycles. The molecule has 0 radical (unpaired) electrons. The molecule has 128 valence electrons. The first-order valence-corrected chi connectivity index (χ1v) is 8.52. The monoisotopic (exact) mass is 372 g/mol. The molecule has 0 aliphatic carbocycles. The van der Waals surface area contributed by atoms with Crippen LogP contribution >= 0.6 is 11.6 Å². The number of methoxy groups -OCH3 is 1. The SMILES string of the molecule is COc1cc(NS(=O)(=O)c2ccc(Cl)cc2F)ccc1NC(C)=O. The molecule has 0 aromatic heterocycles. The van der Waals surface area contributed by atoms with Gasteiger partial charge in [0.25, 0.3) is 10.0 Å². The second-order valence-corrected chi connectivity index (χ2v) is 6.86. The number of hydrogen-bond donors (Lipinski definition) is 2. The molecule has 2 aromatic carbocycles. The van der Waals surface area contributed by atoms with Crippen LogP contribution in [0.2, 0.25) is 5.02 Å². The normalized spacial score (nSPS) is 11.0. The molecule has 9 heteroatoms. The van der Waals surface area contributed by atoms with Crippen molar-refractivity contribution in [2.24, 2.45) is 0 Å². The molecule has 24 heavy (non-hydrogen) atoms. The van der Waals surface area contributed by atoms with Crippen molar-refractivity contribution >= 4 is 38.9 Å². The molecule has 0 unspecified atom stereocenters. The van der Waals surface area contributed by atoms with Crippen molar-refractivity contribution in [3.8, 4) is 5.75 Å². The fourth-order valence-electron chi connectivity index (χ4n) is 1.95. The van der Waals surface area contributed by atoms with E-state index < -0.39 is 20.7 Å². The molecule has 2 rings (SSSR count). The highest BCUT2D eigenvalue weighted by Gasteiger charge is 2.20. The van der Waals surface area contributed by atoms with Gasteiger partial charge in [-0.25, -0.2) is 12.8 Å². The van der Waals surface area contributed by atoms with E-state index in [2.05, 4.69) is 10.0 Å². The summed E-state index contributed by atoms with van der Waals surface area (Å²) >= 11 is 5.62. The van der Waals surface area contributed by atoms with Gasteiger partial charge < -0.3 is 10.1 Å². The van der Waals surface area contributed by atoms with Gasteiger partial charge in [0.05, 0.1) is 18.5 Å². The van der Waals surface area contributed by atoms with Gasteiger partial charge >= 0.3 is 0 Å². The quantitative estimate of drug-likeness (QED) is 0.843. The fraction of sp³-hybridized carbons (Fsp3) is 0.133. The number of carbonyl (C=O) groups is 1. The molecule has 0 atom stereocenters. The predicted molar refractivity (Wildman–Crippen MR) is 89.5 cm³/mol. The average molecular weight is 373 g/mol. The summed E-state index contributed by atoms with van der Waals surface area (Å²) in [5, 5.41) is 2.64. The first kappa shape index (κ1) is 18.0. The largest absolute Gasteiger partial charge is 0.494 e. The van der Waals surface area contributed by atoms with E-state index in [-0.39, 0.29) is 22.4 Å². The van der Waals surface area contributed by atoms with Gasteiger partial charge in [-0.05, 0) is 30.3 Å². The highest BCUT2D eigenvalue weighted by atomic mass is 35.5. The topological polar surface area (TPSA) is 84.5 Å². The molecule has 0 aliphatic heterocycles. The van der Waals surface area contributed by atoms with Gasteiger partial charge in [-0.1, -0.05) is 11.6 Å². The van der Waals surface area contributed by atoms with E-state index in [4.69, 9.17) is 16.3 Å². The second kappa shape index (κ2) is 7.06. The first-order valence-electron chi connectivity index (χ1n) is 6.66. The van der Waals surface area contributed by atoms with E-state index in [1.807, 2.05) is 0 Å². The number of ether oxygens (including phenoxy) is 1. The molecule has 6 nitrogen and oxygen atoms in total. The van der Waals surface area contributed by atoms with Gasteiger partial charge in [0.2, 0.25) is 5.91 Å². The lowest BCUT2D eigenvalue weighted by atomic mass is 10.2. The number of sulfonamides is 1. The van der Waals surface area contributed by atoms with Gasteiger partial charge in [0.1, 0.15) is 16.5 Å². The Morgan fingerprint density at radius 1 is 1.21 bits per heavy atom. The molecular weight excluding hydrogens is 359 g/mol. The van der Waals surface area contributed by atoms with E-state index >= 15 is 0 Å². The standard InChI is InChI=1S/C15H14ClFN2O4S/c1-9(20)18-13-5-4-11(8-14(13)23-2)19-24(21,22)15-6-3-10(16)7-12(15)17/h3-8,19H,1-2H3,(H,18,20). The van der Waals surface area contributed by atoms with E-state index in [9.17, 15) is 17.6 Å². The van der Waals surface area contributed by atoms with Gasteiger partial charge in [-0.15, -0.1) is 0 Å². The van der Waals surface area contributed by atoms with Crippen LogP contribution in [0.3, 0.4) is 0 Å². The van der Waals surface area contributed by atoms with Crippen LogP contribution in [0, 0.1) is 5.82 Å². The van der Waals surface area contributed by atoms with Gasteiger partial charge in [0, 0.05) is 18.0 Å². The summed E-state index contributed by atoms with van der Waals surface area (Å²) in [4.78, 5) is 10.6. The summed E-state index contributed by atoms with van der Waals surface area (Å²) in [6.07, 6.45) is 0. The maximum Gasteiger partial charge on any atom is 0.264 e. The summed E-state index contributed by atoms with van der Waals surface area (Å²) in [6.45, 7) is 1.33. The molecule has 0 aliphatic rings. The third-order valence-electron chi connectivity index (χ3n) is 2.95. The summed E-state index contributed by atoms with van der Waals surface area (Å²) in [5.74, 6) is -1.01. The first-order chi connectivity index (χ1) is 11.2. The molecule has 0 spiro atoms. The van der Waals surface area contributed by atoms with Crippen molar-refractivity contribution in [3.63, 3.8) is 0 Å². The van der Waals surface area contributed by atoms with Gasteiger partial charge in [-0.3, -0.25) is 9.52 Å². The molecule has 2 aromatic rings. The van der Waals surface area contributed by atoms with Crippen LogP contribution < -0.4 is 14.8 Å². The zero-order valence-electron chi connectivity index (χ0n) is 12.8. The zero-order chi connectivity index (χ0) is 17.9. The molecular formula is C15H14ClFN2O4S. The van der Waals surface area contributed by atoms with Gasteiger partial charge in [0.15, 0.2) is 0 Å². The van der Waals surface area contributed by atoms with Crippen molar-refractivity contribution in [3.05, 3.63) is 47.2 Å². The maximum absolute atomic E-state index is 13.8. The van der Waals surface area contributed by atoms with Crippen LogP contribution in [-0.4, -0.2) is 21.4 Å². The Bertz CT molecular complexity index is 887. The Morgan fingerprint density at radius 2 is 1.92 bits per heavy atom. The average Bonchev–Trinajstić information content (AvgIpc) is 2.47. The minimum Gasteiger partial charge on any atom is -0.494 e. The van der Waals surface area contributed by atoms with Gasteiger partial charge in [-0.2, -0.15) is 0 Å². The lowest BCUT2D eigenvalue weighted by Crippen LogP contribution is -2.15. The summed E-state index contributed by atoms with van der Waals surface area (Å²) in [6, 6.07) is 7.52. The third-order valence-corrected chi connectivity index (χ3v) is 4.60. The number of benzene rings is 2. The van der Waals surface area contributed by atoms with Crippen molar-refractivity contribution in [2.75, 3.05) is 17.1 Å². The van der Waals surface area contributed by atoms with E-state index in [1.165, 1.54) is 38.3 Å². The van der Waals surface area contributed by atoms with E-state index in [0.29, 0.717) is 5.69 Å². The lowest BCUT2D eigenvalue weighted by molar-refractivity contribution is -0.114. The van der Waals surface area contributed by atoms with Crippen LogP contribution in [0.25, 0.3) is 0 Å². The number of anilines is 2. The lowest BCUT2D eigenvalue weighted by Gasteiger charge is -2.13. The highest BCUT2D eigenvalue weighted by molar-refractivity contribution is 7.92. The van der Waals surface area contributed by atoms with Crippen LogP contribution in [0.15, 0.2) is 41.3 Å². The molecule has 0 saturated carbocycles. The number of halogens is 2. The minimum absolute atomic E-state index is 0.0905. The maximum atomic E-state index is 13.8. The smallest absolute Gasteiger partial charge is 0.264 e. The van der Waals surface area contributed by atoms with Crippen molar-refractivity contribution in [1.82, 2.24) is 0 Å². The van der Waals surface area contributed by atoms with Crippen molar-refractivity contribution in [1.29, 1.82) is 0 Å². The number of rotatable bonds is 5. The predicted octanol–water partition coefficient (Wildman–Crippen LogP) is 3.25. The Kier molecular flexibility index (Phi) is 5.30. The second-order valence-electron chi connectivity index (χ2n) is 4.78. The summed E-state index contributed by atoms with van der Waals surface area (Å²) < 4.78 is 45.8. The number of amides is 1. The number of nitrogens with one attached hydrogen (secondary N) is 2. The van der Waals surface area contributed by atoms with Crippen molar-refractivity contribution in [2.45, 2.75) is 11.8 Å². The fourth-order valence-corrected chi connectivity index (χ4v) is 3.22. The molecule has 0 fully saturated rings. The van der Waals surface area contributed by atoms with E-state index in [0.717, 1.165) is 12.1 Å². The Morgan fingerprint density at radius 3 is 2.50 bits per heavy atom. The molecule has 1 amide bonds. The third kappa shape index (κ3) is 4.15. The Labute approximate surface area is 143 Å². The number of hydrogen-bond acceptors (Lipinski definition) is 4. The van der Waals surface area contributed by atoms with Crippen LogP contribution in [-0.2, 0) is 14.8 Å². The Balaban J connectivity index is 2.34. The minimum atomic E-state index is -4.15. The highest BCUT2D eigenvalue weighted by Crippen LogP contribution is 2.29. The summed E-state index contributed by atoms with van der Waals surface area (Å²) in [7, 11) is -2.78.